The van der Waals surface area contributed by atoms with Crippen LogP contribution < -0.4 is 7.80 Å². The minimum Gasteiger partial charge on any atom is -0.491 e. The van der Waals surface area contributed by atoms with Crippen molar-refractivity contribution in [2.45, 2.75) is 44.4 Å². The van der Waals surface area contributed by atoms with E-state index in [9.17, 15) is 17.6 Å². The van der Waals surface area contributed by atoms with Gasteiger partial charge in [0.05, 0.1) is 6.61 Å². The van der Waals surface area contributed by atoms with Crippen molar-refractivity contribution in [1.29, 1.82) is 0 Å². The molecule has 0 atom stereocenters. The lowest BCUT2D eigenvalue weighted by atomic mass is 9.75. The summed E-state index contributed by atoms with van der Waals surface area (Å²) < 4.78 is 82.2. The lowest BCUT2D eigenvalue weighted by molar-refractivity contribution is 0.314. The monoisotopic (exact) mass is 588 g/mol. The van der Waals surface area contributed by atoms with Gasteiger partial charge in [-0.1, -0.05) is 18.2 Å². The van der Waals surface area contributed by atoms with Gasteiger partial charge in [-0.25, -0.2) is 13.2 Å². The number of benzene rings is 3. The molecule has 0 aromatic heterocycles. The summed E-state index contributed by atoms with van der Waals surface area (Å²) in [5, 5.41) is 0. The van der Waals surface area contributed by atoms with Gasteiger partial charge in [-0.05, 0) is 85.4 Å². The predicted molar refractivity (Wildman–Crippen MR) is 128 cm³/mol. The maximum atomic E-state index is 15.0. The van der Waals surface area contributed by atoms with Gasteiger partial charge in [0, 0.05) is 5.56 Å². The molecule has 0 unspecified atom stereocenters. The van der Waals surface area contributed by atoms with Crippen molar-refractivity contribution >= 4 is 23.0 Å². The number of halogens is 6. The van der Waals surface area contributed by atoms with Crippen LogP contribution in [0.25, 0.3) is 11.1 Å². The first-order valence-electron chi connectivity index (χ1n) is 11.0. The van der Waals surface area contributed by atoms with E-state index in [2.05, 4.69) is 0 Å². The highest BCUT2D eigenvalue weighted by atomic mass is 127. The second-order valence-electron chi connectivity index (χ2n) is 8.32. The second kappa shape index (κ2) is 10.5. The van der Waals surface area contributed by atoms with E-state index in [-0.39, 0.29) is 41.1 Å². The molecule has 1 saturated carbocycles. The molecule has 0 saturated heterocycles. The molecule has 1 aliphatic carbocycles. The van der Waals surface area contributed by atoms with E-state index in [0.29, 0.717) is 36.8 Å². The summed E-state index contributed by atoms with van der Waals surface area (Å²) >= 11 is 1.50. The maximum absolute atomic E-state index is 15.0. The Kier molecular flexibility index (Phi) is 7.64. The molecule has 3 aromatic rings. The van der Waals surface area contributed by atoms with Gasteiger partial charge in [0.1, 0.15) is 5.82 Å². The molecule has 0 radical (unpaired) electrons. The summed E-state index contributed by atoms with van der Waals surface area (Å²) in [6.07, 6.45) is 2.34. The summed E-state index contributed by atoms with van der Waals surface area (Å²) in [6.45, 7) is 1.86. The minimum absolute atomic E-state index is 0.0495. The number of hydrogen-bond donors (Lipinski definition) is 0. The van der Waals surface area contributed by atoms with Crippen molar-refractivity contribution in [3.05, 3.63) is 82.7 Å². The van der Waals surface area contributed by atoms with Gasteiger partial charge in [-0.2, -0.15) is 8.78 Å². The highest BCUT2D eigenvalue weighted by Gasteiger charge is 2.29. The molecule has 2 nitrogen and oxygen atoms in total. The molecule has 180 valence electrons. The third kappa shape index (κ3) is 4.74. The van der Waals surface area contributed by atoms with Crippen LogP contribution in [0.15, 0.2) is 42.5 Å². The zero-order valence-electron chi connectivity index (χ0n) is 18.3. The highest BCUT2D eigenvalue weighted by molar-refractivity contribution is 14.1. The first-order valence-corrected chi connectivity index (χ1v) is 11.9. The normalized spacial score (nSPS) is 18.1. The Morgan fingerprint density at radius 3 is 1.94 bits per heavy atom. The number of ether oxygens (including phenoxy) is 1. The van der Waals surface area contributed by atoms with Crippen LogP contribution in [0.2, 0.25) is 0 Å². The topological polar surface area (TPSA) is 18.5 Å². The van der Waals surface area contributed by atoms with Crippen molar-refractivity contribution in [3.63, 3.8) is 0 Å². The molecule has 3 aromatic carbocycles. The van der Waals surface area contributed by atoms with Crippen LogP contribution in [0.5, 0.6) is 11.5 Å². The summed E-state index contributed by atoms with van der Waals surface area (Å²) in [7, 11) is 0. The van der Waals surface area contributed by atoms with E-state index in [1.165, 1.54) is 53.3 Å². The SMILES string of the molecule is CCOc1ccc(-c2ccc(C3CCC(c4ccc(OI)c(F)c4F)CC3)c(F)c2)c(F)c1F. The standard InChI is InChI=1S/C26H22F5IO2/c1-2-33-21-11-9-19(24(29)25(21)30)16-7-8-17(20(27)13-16)14-3-5-15(6-4-14)18-10-12-22(34-32)26(31)23(18)28/h7-15H,2-6H2,1H3. The van der Waals surface area contributed by atoms with Crippen molar-refractivity contribution in [1.82, 2.24) is 0 Å². The van der Waals surface area contributed by atoms with E-state index < -0.39 is 29.1 Å². The van der Waals surface area contributed by atoms with E-state index >= 15 is 4.39 Å². The molecule has 4 rings (SSSR count). The van der Waals surface area contributed by atoms with E-state index in [1.54, 1.807) is 19.1 Å². The van der Waals surface area contributed by atoms with Gasteiger partial charge in [-0.3, -0.25) is 0 Å². The Hall–Kier alpha value is -2.36. The molecule has 8 heteroatoms. The van der Waals surface area contributed by atoms with Gasteiger partial charge >= 0.3 is 0 Å². The molecular formula is C26H22F5IO2. The molecule has 0 bridgehead atoms. The van der Waals surface area contributed by atoms with Crippen LogP contribution in [0.1, 0.15) is 55.6 Å². The van der Waals surface area contributed by atoms with Crippen LogP contribution in [0, 0.1) is 29.1 Å². The number of hydrogen-bond acceptors (Lipinski definition) is 2. The van der Waals surface area contributed by atoms with Crippen molar-refractivity contribution in [3.8, 4) is 22.6 Å². The van der Waals surface area contributed by atoms with Crippen molar-refractivity contribution in [2.75, 3.05) is 6.61 Å². The van der Waals surface area contributed by atoms with Crippen LogP contribution >= 0.6 is 23.0 Å². The quantitative estimate of drug-likeness (QED) is 0.212. The Morgan fingerprint density at radius 2 is 1.32 bits per heavy atom. The fourth-order valence-electron chi connectivity index (χ4n) is 4.68. The second-order valence-corrected chi connectivity index (χ2v) is 8.76. The first kappa shape index (κ1) is 24.8. The third-order valence-electron chi connectivity index (χ3n) is 6.42. The van der Waals surface area contributed by atoms with Gasteiger partial charge in [0.2, 0.25) is 11.6 Å². The molecule has 0 heterocycles. The Balaban J connectivity index is 1.50. The smallest absolute Gasteiger partial charge is 0.202 e. The van der Waals surface area contributed by atoms with Crippen LogP contribution in [0.3, 0.4) is 0 Å². The highest BCUT2D eigenvalue weighted by Crippen LogP contribution is 2.43. The average molecular weight is 588 g/mol. The van der Waals surface area contributed by atoms with E-state index in [0.717, 1.165) is 0 Å². The summed E-state index contributed by atoms with van der Waals surface area (Å²) in [5.41, 5.74) is 0.961. The van der Waals surface area contributed by atoms with Gasteiger partial charge in [0.25, 0.3) is 0 Å². The zero-order chi connectivity index (χ0) is 24.4. The third-order valence-corrected chi connectivity index (χ3v) is 6.90. The van der Waals surface area contributed by atoms with Crippen LogP contribution in [0.4, 0.5) is 22.0 Å². The van der Waals surface area contributed by atoms with Gasteiger partial charge in [-0.15, -0.1) is 0 Å². The summed E-state index contributed by atoms with van der Waals surface area (Å²) in [4.78, 5) is 0. The Morgan fingerprint density at radius 1 is 0.735 bits per heavy atom. The average Bonchev–Trinajstić information content (AvgIpc) is 2.84. The zero-order valence-corrected chi connectivity index (χ0v) is 20.5. The van der Waals surface area contributed by atoms with E-state index in [1.807, 2.05) is 0 Å². The Labute approximate surface area is 208 Å². The molecule has 1 aliphatic rings. The molecule has 1 fully saturated rings. The molecular weight excluding hydrogens is 566 g/mol. The molecule has 0 N–H and O–H groups in total. The van der Waals surface area contributed by atoms with E-state index in [4.69, 9.17) is 7.80 Å². The van der Waals surface area contributed by atoms with Crippen LogP contribution in [-0.4, -0.2) is 6.61 Å². The lowest BCUT2D eigenvalue weighted by Crippen LogP contribution is -2.15. The fraction of sp³-hybridized carbons (Fsp3) is 0.308. The minimum atomic E-state index is -1.11. The van der Waals surface area contributed by atoms with Crippen LogP contribution in [-0.2, 0) is 0 Å². The lowest BCUT2D eigenvalue weighted by Gasteiger charge is -2.29. The summed E-state index contributed by atoms with van der Waals surface area (Å²) in [6, 6.07) is 10.0. The van der Waals surface area contributed by atoms with Crippen molar-refractivity contribution in [2.24, 2.45) is 0 Å². The number of rotatable bonds is 6. The van der Waals surface area contributed by atoms with Gasteiger partial charge < -0.3 is 7.80 Å². The largest absolute Gasteiger partial charge is 0.491 e. The molecule has 0 aliphatic heterocycles. The first-order chi connectivity index (χ1) is 16.3. The molecule has 0 spiro atoms. The summed E-state index contributed by atoms with van der Waals surface area (Å²) in [5.74, 6) is -5.22. The Bertz CT molecular complexity index is 1190. The molecule has 0 amide bonds. The van der Waals surface area contributed by atoms with Crippen molar-refractivity contribution < 1.29 is 29.8 Å². The fourth-order valence-corrected chi connectivity index (χ4v) is 5.02. The van der Waals surface area contributed by atoms with Gasteiger partial charge in [0.15, 0.2) is 46.1 Å². The maximum Gasteiger partial charge on any atom is 0.202 e. The predicted octanol–water partition coefficient (Wildman–Crippen LogP) is 8.62. The molecule has 34 heavy (non-hydrogen) atoms.